The molecule has 3 nitrogen and oxygen atoms in total. The first kappa shape index (κ1) is 19.6. The normalized spacial score (nSPS) is 13.3. The highest BCUT2D eigenvalue weighted by Crippen LogP contribution is 2.50. The van der Waals surface area contributed by atoms with Crippen LogP contribution in [0.2, 0.25) is 0 Å². The van der Waals surface area contributed by atoms with Crippen molar-refractivity contribution in [2.45, 2.75) is 38.9 Å². The van der Waals surface area contributed by atoms with Crippen LogP contribution < -0.4 is 5.46 Å². The van der Waals surface area contributed by atoms with Crippen LogP contribution in [0.1, 0.15) is 27.7 Å². The lowest BCUT2D eigenvalue weighted by Crippen LogP contribution is -2.49. The summed E-state index contributed by atoms with van der Waals surface area (Å²) in [5, 5.41) is 15.3. The molecule has 158 valence electrons. The Kier molecular flexibility index (Phi) is 3.96. The Morgan fingerprint density at radius 1 is 0.812 bits per heavy atom. The second-order valence-electron chi connectivity index (χ2n) is 9.83. The van der Waals surface area contributed by atoms with Gasteiger partial charge in [-0.2, -0.15) is 0 Å². The molecule has 0 unspecified atom stereocenters. The quantitative estimate of drug-likeness (QED) is 0.360. The average molecular weight is 420 g/mol. The smallest absolute Gasteiger partial charge is 0.310 e. The minimum absolute atomic E-state index is 0.402. The fourth-order valence-electron chi connectivity index (χ4n) is 4.79. The molecule has 1 aliphatic rings. The van der Waals surface area contributed by atoms with Gasteiger partial charge in [-0.25, -0.2) is 0 Å². The van der Waals surface area contributed by atoms with Gasteiger partial charge >= 0.3 is 7.48 Å². The summed E-state index contributed by atoms with van der Waals surface area (Å²) in [7, 11) is 0.402. The molecule has 0 amide bonds. The van der Waals surface area contributed by atoms with Crippen LogP contribution >= 0.6 is 0 Å². The van der Waals surface area contributed by atoms with E-state index in [0.29, 0.717) is 7.48 Å². The fraction of sp³-hybridized carbons (Fsp3) is 0.214. The van der Waals surface area contributed by atoms with Crippen LogP contribution in [-0.2, 0) is 4.65 Å². The second kappa shape index (κ2) is 6.47. The van der Waals surface area contributed by atoms with Crippen molar-refractivity contribution < 1.29 is 14.2 Å². The fourth-order valence-corrected chi connectivity index (χ4v) is 4.79. The lowest BCUT2D eigenvalue weighted by molar-refractivity contribution is -0.0893. The van der Waals surface area contributed by atoms with E-state index < -0.39 is 11.2 Å². The van der Waals surface area contributed by atoms with Gasteiger partial charge in [0.05, 0.1) is 11.2 Å². The lowest BCUT2D eigenvalue weighted by atomic mass is 9.77. The predicted molar refractivity (Wildman–Crippen MR) is 134 cm³/mol. The van der Waals surface area contributed by atoms with Gasteiger partial charge in [-0.05, 0) is 66.7 Å². The van der Waals surface area contributed by atoms with Crippen LogP contribution in [0.3, 0.4) is 0 Å². The number of benzene rings is 4. The Hall–Kier alpha value is -3.08. The maximum atomic E-state index is 10.6. The van der Waals surface area contributed by atoms with Crippen molar-refractivity contribution in [2.75, 3.05) is 0 Å². The summed E-state index contributed by atoms with van der Waals surface area (Å²) in [5.74, 6) is 0. The molecule has 4 heteroatoms. The Morgan fingerprint density at radius 3 is 2.22 bits per heavy atom. The summed E-state index contributed by atoms with van der Waals surface area (Å²) in [6, 6.07) is 23.4. The lowest BCUT2D eigenvalue weighted by Gasteiger charge is -2.37. The molecule has 0 aliphatic heterocycles. The number of furan rings is 1. The molecule has 0 fully saturated rings. The maximum absolute atomic E-state index is 10.6. The third-order valence-corrected chi connectivity index (χ3v) is 7.26. The number of hydrogen-bond acceptors (Lipinski definition) is 3. The van der Waals surface area contributed by atoms with E-state index in [2.05, 4.69) is 48.5 Å². The first-order valence-electron chi connectivity index (χ1n) is 11.1. The van der Waals surface area contributed by atoms with Gasteiger partial charge < -0.3 is 14.2 Å². The molecular weight excluding hydrogens is 395 g/mol. The summed E-state index contributed by atoms with van der Waals surface area (Å²) < 4.78 is 12.8. The van der Waals surface area contributed by atoms with Crippen LogP contribution in [0.5, 0.6) is 0 Å². The highest BCUT2D eigenvalue weighted by Gasteiger charge is 2.37. The summed E-state index contributed by atoms with van der Waals surface area (Å²) >= 11 is 0. The van der Waals surface area contributed by atoms with Crippen LogP contribution in [0.25, 0.3) is 55.0 Å². The zero-order valence-electron chi connectivity index (χ0n) is 18.8. The van der Waals surface area contributed by atoms with Crippen molar-refractivity contribution >= 4 is 45.7 Å². The van der Waals surface area contributed by atoms with Gasteiger partial charge in [0.1, 0.15) is 11.2 Å². The number of rotatable bonds is 4. The number of para-hydroxylation sites is 1. The standard InChI is InChI=1S/C28H25BO3/c1-27(2,30)28(3,4)32-29-21-15-20-17-11-5-6-14-22(17)31-26(20)25-19-13-8-10-16-9-7-12-18(23(16)19)24(21)25/h5-15,29-30H,1-4H3. The molecule has 1 aliphatic carbocycles. The summed E-state index contributed by atoms with van der Waals surface area (Å²) in [4.78, 5) is 0. The predicted octanol–water partition coefficient (Wildman–Crippen LogP) is 5.93. The van der Waals surface area contributed by atoms with Crippen molar-refractivity contribution in [1.82, 2.24) is 0 Å². The first-order chi connectivity index (χ1) is 15.3. The zero-order valence-corrected chi connectivity index (χ0v) is 18.8. The summed E-state index contributed by atoms with van der Waals surface area (Å²) in [5.41, 5.74) is 6.00. The van der Waals surface area contributed by atoms with Crippen molar-refractivity contribution in [3.05, 3.63) is 66.7 Å². The molecule has 1 aromatic heterocycles. The zero-order chi connectivity index (χ0) is 22.3. The molecule has 0 atom stereocenters. The van der Waals surface area contributed by atoms with Gasteiger partial charge in [0.25, 0.3) is 0 Å². The number of aliphatic hydroxyl groups is 1. The summed E-state index contributed by atoms with van der Waals surface area (Å²) in [6.45, 7) is 7.46. The molecule has 0 saturated carbocycles. The van der Waals surface area contributed by atoms with Crippen molar-refractivity contribution in [3.8, 4) is 22.3 Å². The van der Waals surface area contributed by atoms with E-state index in [0.717, 1.165) is 33.0 Å². The van der Waals surface area contributed by atoms with Crippen LogP contribution in [-0.4, -0.2) is 23.8 Å². The van der Waals surface area contributed by atoms with Crippen LogP contribution in [0, 0.1) is 0 Å². The minimum atomic E-state index is -0.967. The Bertz CT molecular complexity index is 1530. The molecule has 1 N–H and O–H groups in total. The third kappa shape index (κ3) is 2.63. The van der Waals surface area contributed by atoms with E-state index in [1.165, 1.54) is 27.5 Å². The maximum Gasteiger partial charge on any atom is 0.310 e. The molecule has 0 spiro atoms. The minimum Gasteiger partial charge on any atom is -0.455 e. The summed E-state index contributed by atoms with van der Waals surface area (Å²) in [6.07, 6.45) is 0. The van der Waals surface area contributed by atoms with E-state index in [9.17, 15) is 5.11 Å². The van der Waals surface area contributed by atoms with Gasteiger partial charge in [-0.15, -0.1) is 0 Å². The highest BCUT2D eigenvalue weighted by atomic mass is 16.5. The first-order valence-corrected chi connectivity index (χ1v) is 11.1. The topological polar surface area (TPSA) is 42.6 Å². The molecule has 1 heterocycles. The molecule has 0 radical (unpaired) electrons. The van der Waals surface area contributed by atoms with Gasteiger partial charge in [-0.3, -0.25) is 0 Å². The molecule has 6 rings (SSSR count). The van der Waals surface area contributed by atoms with Gasteiger partial charge in [0.2, 0.25) is 0 Å². The van der Waals surface area contributed by atoms with E-state index in [4.69, 9.17) is 9.07 Å². The van der Waals surface area contributed by atoms with Gasteiger partial charge in [-0.1, -0.05) is 60.7 Å². The van der Waals surface area contributed by atoms with E-state index in [1.54, 1.807) is 13.8 Å². The van der Waals surface area contributed by atoms with Crippen molar-refractivity contribution in [1.29, 1.82) is 0 Å². The molecule has 4 aromatic carbocycles. The van der Waals surface area contributed by atoms with Crippen LogP contribution in [0.4, 0.5) is 0 Å². The van der Waals surface area contributed by atoms with Crippen molar-refractivity contribution in [2.24, 2.45) is 0 Å². The largest absolute Gasteiger partial charge is 0.455 e. The number of fused-ring (bicyclic) bond motifs is 7. The second-order valence-corrected chi connectivity index (χ2v) is 9.83. The van der Waals surface area contributed by atoms with E-state index >= 15 is 0 Å². The molecule has 0 saturated heterocycles. The molecule has 0 bridgehead atoms. The monoisotopic (exact) mass is 420 g/mol. The van der Waals surface area contributed by atoms with E-state index in [1.807, 2.05) is 32.0 Å². The van der Waals surface area contributed by atoms with Crippen molar-refractivity contribution in [3.63, 3.8) is 0 Å². The van der Waals surface area contributed by atoms with Crippen LogP contribution in [0.15, 0.2) is 71.1 Å². The Labute approximate surface area is 187 Å². The molecular formula is C28H25BO3. The average Bonchev–Trinajstić information content (AvgIpc) is 3.29. The third-order valence-electron chi connectivity index (χ3n) is 7.26. The number of hydrogen-bond donors (Lipinski definition) is 1. The SMILES string of the molecule is CC(C)(O)C(C)(C)OBc1cc2c(oc3ccccc32)c2c1-c1cccc3cccc-2c13. The Balaban J connectivity index is 1.66. The highest BCUT2D eigenvalue weighted by molar-refractivity contribution is 6.52. The Morgan fingerprint density at radius 2 is 1.50 bits per heavy atom. The molecule has 32 heavy (non-hydrogen) atoms. The molecule has 5 aromatic rings. The van der Waals surface area contributed by atoms with Gasteiger partial charge in [0, 0.05) is 16.3 Å². The van der Waals surface area contributed by atoms with Gasteiger partial charge in [0.15, 0.2) is 0 Å². The van der Waals surface area contributed by atoms with E-state index in [-0.39, 0.29) is 0 Å².